The first-order valence-electron chi connectivity index (χ1n) is 8.56. The van der Waals surface area contributed by atoms with E-state index in [4.69, 9.17) is 4.74 Å². The topological polar surface area (TPSA) is 41.6 Å². The van der Waals surface area contributed by atoms with Gasteiger partial charge in [-0.25, -0.2) is 0 Å². The number of benzene rings is 2. The number of ether oxygens (including phenoxy) is 1. The molecule has 3 aromatic rings. The lowest BCUT2D eigenvalue weighted by atomic mass is 10.2. The minimum atomic E-state index is -0.0478. The summed E-state index contributed by atoms with van der Waals surface area (Å²) in [4.78, 5) is 16.0. The monoisotopic (exact) mass is 444 g/mol. The number of carbonyl (C=O) groups excluding carboxylic acids is 1. The lowest BCUT2D eigenvalue weighted by molar-refractivity contribution is -0.117. The predicted octanol–water partition coefficient (Wildman–Crippen LogP) is 5.16. The molecule has 1 heterocycles. The fraction of sp³-hybridized carbons (Fsp3) is 0.190. The Bertz CT molecular complexity index is 883. The Hall–Kier alpha value is -2.15. The lowest BCUT2D eigenvalue weighted by Gasteiger charge is -2.22. The molecule has 0 saturated heterocycles. The lowest BCUT2D eigenvalue weighted by Crippen LogP contribution is -2.32. The molecule has 1 aromatic heterocycles. The van der Waals surface area contributed by atoms with Gasteiger partial charge in [-0.3, -0.25) is 9.69 Å². The number of amides is 1. The Labute approximate surface area is 171 Å². The van der Waals surface area contributed by atoms with Crippen LogP contribution in [-0.2, 0) is 17.9 Å². The molecule has 140 valence electrons. The van der Waals surface area contributed by atoms with Gasteiger partial charge in [-0.15, -0.1) is 11.3 Å². The van der Waals surface area contributed by atoms with E-state index < -0.39 is 0 Å². The first-order chi connectivity index (χ1) is 13.2. The Morgan fingerprint density at radius 1 is 1.07 bits per heavy atom. The molecule has 0 aliphatic rings. The van der Waals surface area contributed by atoms with E-state index in [1.165, 1.54) is 4.88 Å². The van der Waals surface area contributed by atoms with Gasteiger partial charge in [0.05, 0.1) is 19.3 Å². The van der Waals surface area contributed by atoms with Gasteiger partial charge in [0.1, 0.15) is 5.75 Å². The molecule has 27 heavy (non-hydrogen) atoms. The van der Waals surface area contributed by atoms with Crippen LogP contribution in [0.2, 0.25) is 0 Å². The second kappa shape index (κ2) is 9.69. The van der Waals surface area contributed by atoms with Gasteiger partial charge < -0.3 is 10.1 Å². The highest BCUT2D eigenvalue weighted by molar-refractivity contribution is 9.10. The predicted molar refractivity (Wildman–Crippen MR) is 114 cm³/mol. The highest BCUT2D eigenvalue weighted by Gasteiger charge is 2.15. The van der Waals surface area contributed by atoms with Crippen LogP contribution >= 0.6 is 27.3 Å². The van der Waals surface area contributed by atoms with E-state index in [9.17, 15) is 4.79 Å². The molecular weight excluding hydrogens is 424 g/mol. The van der Waals surface area contributed by atoms with E-state index >= 15 is 0 Å². The molecule has 4 nitrogen and oxygen atoms in total. The van der Waals surface area contributed by atoms with E-state index in [1.807, 2.05) is 54.6 Å². The van der Waals surface area contributed by atoms with Crippen molar-refractivity contribution < 1.29 is 9.53 Å². The van der Waals surface area contributed by atoms with Crippen molar-refractivity contribution in [3.63, 3.8) is 0 Å². The number of hydrogen-bond acceptors (Lipinski definition) is 4. The van der Waals surface area contributed by atoms with E-state index in [2.05, 4.69) is 37.6 Å². The highest BCUT2D eigenvalue weighted by atomic mass is 79.9. The van der Waals surface area contributed by atoms with Crippen molar-refractivity contribution in [2.75, 3.05) is 19.0 Å². The van der Waals surface area contributed by atoms with Crippen LogP contribution in [-0.4, -0.2) is 24.5 Å². The van der Waals surface area contributed by atoms with Crippen LogP contribution in [0.4, 0.5) is 5.69 Å². The summed E-state index contributed by atoms with van der Waals surface area (Å²) in [5.74, 6) is 0.785. The number of carbonyl (C=O) groups is 1. The number of halogens is 1. The standard InChI is InChI=1S/C21H21BrN2O2S/c1-26-20-11-5-2-7-16(20)13-24(14-17-8-6-12-27-17)15-21(25)23-19-10-4-3-9-18(19)22/h2-12H,13-15H2,1H3,(H,23,25). The number of rotatable bonds is 8. The molecular formula is C21H21BrN2O2S. The van der Waals surface area contributed by atoms with Crippen LogP contribution in [0.5, 0.6) is 5.75 Å². The van der Waals surface area contributed by atoms with Crippen LogP contribution in [0, 0.1) is 0 Å². The van der Waals surface area contributed by atoms with Gasteiger partial charge in [-0.1, -0.05) is 36.4 Å². The largest absolute Gasteiger partial charge is 0.496 e. The number of nitrogens with one attached hydrogen (secondary N) is 1. The van der Waals surface area contributed by atoms with Crippen molar-refractivity contribution >= 4 is 38.9 Å². The van der Waals surface area contributed by atoms with Crippen molar-refractivity contribution in [3.8, 4) is 5.75 Å². The average molecular weight is 445 g/mol. The second-order valence-electron chi connectivity index (χ2n) is 6.06. The maximum Gasteiger partial charge on any atom is 0.238 e. The Morgan fingerprint density at radius 3 is 2.59 bits per heavy atom. The van der Waals surface area contributed by atoms with Crippen molar-refractivity contribution in [2.24, 2.45) is 0 Å². The van der Waals surface area contributed by atoms with Crippen molar-refractivity contribution in [2.45, 2.75) is 13.1 Å². The third-order valence-corrected chi connectivity index (χ3v) is 5.61. The molecule has 3 rings (SSSR count). The molecule has 0 aliphatic heterocycles. The minimum absolute atomic E-state index is 0.0478. The zero-order valence-corrected chi connectivity index (χ0v) is 17.4. The first kappa shape index (κ1) is 19.6. The number of para-hydroxylation sites is 2. The van der Waals surface area contributed by atoms with E-state index in [0.717, 1.165) is 21.5 Å². The molecule has 1 amide bonds. The summed E-state index contributed by atoms with van der Waals surface area (Å²) in [6, 6.07) is 19.6. The van der Waals surface area contributed by atoms with Gasteiger partial charge in [0.15, 0.2) is 0 Å². The van der Waals surface area contributed by atoms with E-state index in [0.29, 0.717) is 13.1 Å². The van der Waals surface area contributed by atoms with Gasteiger partial charge in [-0.2, -0.15) is 0 Å². The fourth-order valence-corrected chi connectivity index (χ4v) is 3.95. The summed E-state index contributed by atoms with van der Waals surface area (Å²) < 4.78 is 6.34. The Kier molecular flexibility index (Phi) is 7.04. The zero-order valence-electron chi connectivity index (χ0n) is 15.0. The molecule has 0 fully saturated rings. The van der Waals surface area contributed by atoms with Crippen LogP contribution in [0.3, 0.4) is 0 Å². The van der Waals surface area contributed by atoms with Gasteiger partial charge in [-0.05, 0) is 45.6 Å². The summed E-state index contributed by atoms with van der Waals surface area (Å²) >= 11 is 5.16. The summed E-state index contributed by atoms with van der Waals surface area (Å²) in [6.45, 7) is 1.63. The summed E-state index contributed by atoms with van der Waals surface area (Å²) in [5, 5.41) is 5.03. The number of methoxy groups -OCH3 is 1. The van der Waals surface area contributed by atoms with Crippen LogP contribution < -0.4 is 10.1 Å². The molecule has 1 N–H and O–H groups in total. The SMILES string of the molecule is COc1ccccc1CN(CC(=O)Nc1ccccc1Br)Cc1cccs1. The van der Waals surface area contributed by atoms with Crippen molar-refractivity contribution in [1.29, 1.82) is 0 Å². The van der Waals surface area contributed by atoms with E-state index in [-0.39, 0.29) is 12.5 Å². The fourth-order valence-electron chi connectivity index (χ4n) is 2.82. The van der Waals surface area contributed by atoms with Crippen molar-refractivity contribution in [1.82, 2.24) is 4.90 Å². The molecule has 6 heteroatoms. The van der Waals surface area contributed by atoms with Crippen LogP contribution in [0.1, 0.15) is 10.4 Å². The summed E-state index contributed by atoms with van der Waals surface area (Å²) in [6.07, 6.45) is 0. The number of nitrogens with zero attached hydrogens (tertiary/aromatic N) is 1. The highest BCUT2D eigenvalue weighted by Crippen LogP contribution is 2.23. The maximum absolute atomic E-state index is 12.6. The summed E-state index contributed by atoms with van der Waals surface area (Å²) in [7, 11) is 1.67. The first-order valence-corrected chi connectivity index (χ1v) is 10.2. The normalized spacial score (nSPS) is 10.8. The van der Waals surface area contributed by atoms with E-state index in [1.54, 1.807) is 18.4 Å². The molecule has 0 saturated carbocycles. The second-order valence-corrected chi connectivity index (χ2v) is 7.95. The van der Waals surface area contributed by atoms with Gasteiger partial charge in [0.2, 0.25) is 5.91 Å². The van der Waals surface area contributed by atoms with Gasteiger partial charge >= 0.3 is 0 Å². The summed E-state index contributed by atoms with van der Waals surface area (Å²) in [5.41, 5.74) is 1.83. The minimum Gasteiger partial charge on any atom is -0.496 e. The number of thiophene rings is 1. The van der Waals surface area contributed by atoms with Crippen LogP contribution in [0.15, 0.2) is 70.5 Å². The number of hydrogen-bond donors (Lipinski definition) is 1. The molecule has 0 radical (unpaired) electrons. The van der Waals surface area contributed by atoms with Crippen molar-refractivity contribution in [3.05, 3.63) is 81.0 Å². The Morgan fingerprint density at radius 2 is 1.85 bits per heavy atom. The number of anilines is 1. The molecule has 0 aliphatic carbocycles. The third kappa shape index (κ3) is 5.66. The third-order valence-electron chi connectivity index (χ3n) is 4.06. The zero-order chi connectivity index (χ0) is 19.1. The molecule has 0 atom stereocenters. The van der Waals surface area contributed by atoms with Gasteiger partial charge in [0, 0.05) is 28.0 Å². The maximum atomic E-state index is 12.6. The molecule has 2 aromatic carbocycles. The Balaban J connectivity index is 1.73. The molecule has 0 spiro atoms. The van der Waals surface area contributed by atoms with Gasteiger partial charge in [0.25, 0.3) is 0 Å². The quantitative estimate of drug-likeness (QED) is 0.521. The van der Waals surface area contributed by atoms with Crippen LogP contribution in [0.25, 0.3) is 0 Å². The average Bonchev–Trinajstić information content (AvgIpc) is 3.17. The smallest absolute Gasteiger partial charge is 0.238 e. The molecule has 0 unspecified atom stereocenters. The molecule has 0 bridgehead atoms.